The molecule has 0 atom stereocenters. The summed E-state index contributed by atoms with van der Waals surface area (Å²) in [5, 5.41) is 14.4. The Hall–Kier alpha value is -0.870. The molecule has 0 bridgehead atoms. The molecule has 82 valence electrons. The van der Waals surface area contributed by atoms with Crippen LogP contribution in [0.3, 0.4) is 0 Å². The van der Waals surface area contributed by atoms with Crippen LogP contribution in [0, 0.1) is 0 Å². The van der Waals surface area contributed by atoms with E-state index in [1.54, 1.807) is 0 Å². The van der Waals surface area contributed by atoms with E-state index in [1.165, 1.54) is 6.08 Å². The van der Waals surface area contributed by atoms with Gasteiger partial charge in [-0.2, -0.15) is 0 Å². The number of aliphatic hydroxyl groups excluding tert-OH is 1. The maximum Gasteiger partial charge on any atom is 0.243 e. The summed E-state index contributed by atoms with van der Waals surface area (Å²) in [6.07, 6.45) is 4.24. The molecule has 3 N–H and O–H groups in total. The van der Waals surface area contributed by atoms with E-state index in [1.807, 2.05) is 0 Å². The first-order chi connectivity index (χ1) is 6.81. The molecule has 0 spiro atoms. The van der Waals surface area contributed by atoms with Gasteiger partial charge in [0, 0.05) is 19.7 Å². The molecular formula is C10H20N2O2. The summed E-state index contributed by atoms with van der Waals surface area (Å²) in [5.74, 6) is -0.132. The van der Waals surface area contributed by atoms with Crippen molar-refractivity contribution in [3.8, 4) is 0 Å². The fourth-order valence-electron chi connectivity index (χ4n) is 1.01. The Morgan fingerprint density at radius 1 is 1.21 bits per heavy atom. The highest BCUT2D eigenvalue weighted by Crippen LogP contribution is 1.91. The number of rotatable bonds is 9. The summed E-state index contributed by atoms with van der Waals surface area (Å²) in [7, 11) is 0. The zero-order chi connectivity index (χ0) is 10.6. The Labute approximate surface area is 85.4 Å². The smallest absolute Gasteiger partial charge is 0.243 e. The molecule has 0 saturated heterocycles. The molecule has 0 fully saturated rings. The van der Waals surface area contributed by atoms with Crippen LogP contribution in [0.5, 0.6) is 0 Å². The van der Waals surface area contributed by atoms with Crippen LogP contribution in [0.2, 0.25) is 0 Å². The fourth-order valence-corrected chi connectivity index (χ4v) is 1.01. The highest BCUT2D eigenvalue weighted by molar-refractivity contribution is 5.86. The van der Waals surface area contributed by atoms with Crippen LogP contribution in [0.15, 0.2) is 12.7 Å². The monoisotopic (exact) mass is 200 g/mol. The van der Waals surface area contributed by atoms with Crippen LogP contribution in [0.25, 0.3) is 0 Å². The molecule has 0 aromatic heterocycles. The summed E-state index contributed by atoms with van der Waals surface area (Å²) in [6.45, 7) is 5.97. The lowest BCUT2D eigenvalue weighted by atomic mass is 10.2. The largest absolute Gasteiger partial charge is 0.396 e. The molecule has 0 aromatic carbocycles. The van der Waals surface area contributed by atoms with Gasteiger partial charge in [0.1, 0.15) is 0 Å². The van der Waals surface area contributed by atoms with Crippen LogP contribution in [0.4, 0.5) is 0 Å². The Balaban J connectivity index is 2.99. The number of carbonyl (C=O) groups is 1. The molecule has 0 aliphatic heterocycles. The summed E-state index contributed by atoms with van der Waals surface area (Å²) < 4.78 is 0. The molecule has 1 amide bonds. The van der Waals surface area contributed by atoms with Crippen molar-refractivity contribution >= 4 is 5.91 Å². The van der Waals surface area contributed by atoms with Crippen molar-refractivity contribution in [2.75, 3.05) is 26.2 Å². The molecule has 14 heavy (non-hydrogen) atoms. The van der Waals surface area contributed by atoms with Gasteiger partial charge in [0.05, 0.1) is 0 Å². The van der Waals surface area contributed by atoms with Gasteiger partial charge in [0.2, 0.25) is 5.91 Å². The number of aliphatic hydroxyl groups is 1. The predicted molar refractivity (Wildman–Crippen MR) is 57.0 cm³/mol. The van der Waals surface area contributed by atoms with Gasteiger partial charge in [-0.3, -0.25) is 4.79 Å². The lowest BCUT2D eigenvalue weighted by molar-refractivity contribution is -0.116. The van der Waals surface area contributed by atoms with Crippen molar-refractivity contribution in [1.82, 2.24) is 10.6 Å². The first kappa shape index (κ1) is 13.1. The van der Waals surface area contributed by atoms with E-state index in [0.717, 1.165) is 32.4 Å². The van der Waals surface area contributed by atoms with Crippen LogP contribution >= 0.6 is 0 Å². The normalized spacial score (nSPS) is 9.79. The molecular weight excluding hydrogens is 180 g/mol. The maximum atomic E-state index is 10.7. The van der Waals surface area contributed by atoms with Crippen molar-refractivity contribution in [2.24, 2.45) is 0 Å². The van der Waals surface area contributed by atoms with Crippen molar-refractivity contribution < 1.29 is 9.90 Å². The quantitative estimate of drug-likeness (QED) is 0.364. The predicted octanol–water partition coefficient (Wildman–Crippen LogP) is 0.0408. The zero-order valence-corrected chi connectivity index (χ0v) is 8.59. The third-order valence-electron chi connectivity index (χ3n) is 1.80. The van der Waals surface area contributed by atoms with Gasteiger partial charge < -0.3 is 15.7 Å². The molecule has 4 heteroatoms. The summed E-state index contributed by atoms with van der Waals surface area (Å²) in [6, 6.07) is 0. The second-order valence-corrected chi connectivity index (χ2v) is 3.03. The highest BCUT2D eigenvalue weighted by atomic mass is 16.2. The van der Waals surface area contributed by atoms with Crippen LogP contribution < -0.4 is 10.6 Å². The minimum Gasteiger partial charge on any atom is -0.396 e. The number of hydrogen-bond acceptors (Lipinski definition) is 3. The molecule has 4 nitrogen and oxygen atoms in total. The van der Waals surface area contributed by atoms with E-state index in [4.69, 9.17) is 5.11 Å². The molecule has 0 saturated carbocycles. The van der Waals surface area contributed by atoms with Gasteiger partial charge in [-0.15, -0.1) is 0 Å². The van der Waals surface area contributed by atoms with E-state index in [-0.39, 0.29) is 12.5 Å². The minimum atomic E-state index is -0.132. The molecule has 0 aliphatic carbocycles. The molecule has 0 aromatic rings. The van der Waals surface area contributed by atoms with Gasteiger partial charge in [-0.1, -0.05) is 6.58 Å². The maximum absolute atomic E-state index is 10.7. The topological polar surface area (TPSA) is 61.4 Å². The van der Waals surface area contributed by atoms with E-state index >= 15 is 0 Å². The van der Waals surface area contributed by atoms with Crippen molar-refractivity contribution in [2.45, 2.75) is 19.3 Å². The fraction of sp³-hybridized carbons (Fsp3) is 0.700. The van der Waals surface area contributed by atoms with E-state index < -0.39 is 0 Å². The average Bonchev–Trinajstić information content (AvgIpc) is 2.21. The third-order valence-corrected chi connectivity index (χ3v) is 1.80. The van der Waals surface area contributed by atoms with Gasteiger partial charge >= 0.3 is 0 Å². The van der Waals surface area contributed by atoms with Gasteiger partial charge in [-0.05, 0) is 31.9 Å². The van der Waals surface area contributed by atoms with E-state index in [2.05, 4.69) is 17.2 Å². The summed E-state index contributed by atoms with van der Waals surface area (Å²) in [5.41, 5.74) is 0. The molecule has 0 rings (SSSR count). The van der Waals surface area contributed by atoms with E-state index in [9.17, 15) is 4.79 Å². The zero-order valence-electron chi connectivity index (χ0n) is 8.59. The van der Waals surface area contributed by atoms with E-state index in [0.29, 0.717) is 6.54 Å². The standard InChI is InChI=1S/C10H20N2O2/c1-2-10(14)12-8-7-11-6-4-3-5-9-13/h2,11,13H,1,3-9H2,(H,12,14). The first-order valence-electron chi connectivity index (χ1n) is 5.03. The lowest BCUT2D eigenvalue weighted by Gasteiger charge is -2.04. The number of amides is 1. The first-order valence-corrected chi connectivity index (χ1v) is 5.03. The summed E-state index contributed by atoms with van der Waals surface area (Å²) >= 11 is 0. The van der Waals surface area contributed by atoms with Crippen LogP contribution in [0.1, 0.15) is 19.3 Å². The highest BCUT2D eigenvalue weighted by Gasteiger charge is 1.92. The lowest BCUT2D eigenvalue weighted by Crippen LogP contribution is -2.31. The second-order valence-electron chi connectivity index (χ2n) is 3.03. The number of hydrogen-bond donors (Lipinski definition) is 3. The molecule has 0 heterocycles. The number of nitrogens with one attached hydrogen (secondary N) is 2. The van der Waals surface area contributed by atoms with Crippen molar-refractivity contribution in [3.63, 3.8) is 0 Å². The summed E-state index contributed by atoms with van der Waals surface area (Å²) in [4.78, 5) is 10.7. The van der Waals surface area contributed by atoms with Gasteiger partial charge in [-0.25, -0.2) is 0 Å². The van der Waals surface area contributed by atoms with Crippen LogP contribution in [-0.4, -0.2) is 37.3 Å². The molecule has 0 radical (unpaired) electrons. The Bertz CT molecular complexity index is 160. The third kappa shape index (κ3) is 9.22. The SMILES string of the molecule is C=CC(=O)NCCNCCCCCO. The number of unbranched alkanes of at least 4 members (excludes halogenated alkanes) is 2. The number of carbonyl (C=O) groups excluding carboxylic acids is 1. The Kier molecular flexibility index (Phi) is 9.58. The Morgan fingerprint density at radius 2 is 2.00 bits per heavy atom. The van der Waals surface area contributed by atoms with Crippen LogP contribution in [-0.2, 0) is 4.79 Å². The Morgan fingerprint density at radius 3 is 2.64 bits per heavy atom. The second kappa shape index (κ2) is 10.2. The van der Waals surface area contributed by atoms with Gasteiger partial charge in [0.25, 0.3) is 0 Å². The molecule has 0 aliphatic rings. The average molecular weight is 200 g/mol. The van der Waals surface area contributed by atoms with Gasteiger partial charge in [0.15, 0.2) is 0 Å². The molecule has 0 unspecified atom stereocenters. The van der Waals surface area contributed by atoms with Crippen molar-refractivity contribution in [3.05, 3.63) is 12.7 Å². The van der Waals surface area contributed by atoms with Crippen molar-refractivity contribution in [1.29, 1.82) is 0 Å². The minimum absolute atomic E-state index is 0.132.